The number of rotatable bonds is 6. The first kappa shape index (κ1) is 16.0. The van der Waals surface area contributed by atoms with E-state index in [0.29, 0.717) is 29.0 Å². The van der Waals surface area contributed by atoms with Crippen molar-refractivity contribution in [2.45, 2.75) is 25.9 Å². The summed E-state index contributed by atoms with van der Waals surface area (Å²) in [5, 5.41) is 31.0. The highest BCUT2D eigenvalue weighted by Crippen LogP contribution is 2.12. The van der Waals surface area contributed by atoms with Gasteiger partial charge in [0.15, 0.2) is 5.82 Å². The molecule has 2 rings (SSSR count). The van der Waals surface area contributed by atoms with Gasteiger partial charge in [-0.25, -0.2) is 0 Å². The molecule has 1 heterocycles. The summed E-state index contributed by atoms with van der Waals surface area (Å²) in [5.41, 5.74) is 0.577. The topological polar surface area (TPSA) is 109 Å². The van der Waals surface area contributed by atoms with E-state index in [1.807, 2.05) is 0 Å². The predicted octanol–water partition coefficient (Wildman–Crippen LogP) is 2.04. The number of nitro groups is 1. The van der Waals surface area contributed by atoms with E-state index in [1.165, 1.54) is 23.0 Å². The number of aryl methyl sites for hydroxylation is 1. The van der Waals surface area contributed by atoms with Gasteiger partial charge >= 0.3 is 0 Å². The standard InChI is InChI=1S/C13H15N5O3S/c1-9(19)5-6-12-15-16-13(22)17(12)14-8-10-3-2-4-11(7-10)18(20)21/h2-4,7-9,19H,5-6H2,1H3,(H,16,22)/b14-8+. The van der Waals surface area contributed by atoms with Gasteiger partial charge in [0.1, 0.15) is 0 Å². The van der Waals surface area contributed by atoms with Crippen molar-refractivity contribution in [1.29, 1.82) is 0 Å². The molecule has 1 aromatic heterocycles. The third-order valence-corrected chi connectivity index (χ3v) is 3.17. The number of benzene rings is 1. The van der Waals surface area contributed by atoms with Crippen LogP contribution in [0.3, 0.4) is 0 Å². The predicted molar refractivity (Wildman–Crippen MR) is 83.5 cm³/mol. The number of aliphatic hydroxyl groups excluding tert-OH is 1. The van der Waals surface area contributed by atoms with E-state index in [4.69, 9.17) is 12.2 Å². The van der Waals surface area contributed by atoms with Gasteiger partial charge in [-0.3, -0.25) is 15.2 Å². The van der Waals surface area contributed by atoms with Crippen LogP contribution in [0.5, 0.6) is 0 Å². The Morgan fingerprint density at radius 1 is 1.64 bits per heavy atom. The molecule has 0 spiro atoms. The number of hydrogen-bond acceptors (Lipinski definition) is 6. The molecule has 1 atom stereocenters. The Kier molecular flexibility index (Phi) is 5.12. The summed E-state index contributed by atoms with van der Waals surface area (Å²) in [6.07, 6.45) is 2.08. The Morgan fingerprint density at radius 3 is 3.09 bits per heavy atom. The molecule has 8 nitrogen and oxygen atoms in total. The van der Waals surface area contributed by atoms with Gasteiger partial charge in [-0.05, 0) is 25.6 Å². The fourth-order valence-corrected chi connectivity index (χ4v) is 1.98. The van der Waals surface area contributed by atoms with Crippen LogP contribution in [0.25, 0.3) is 0 Å². The van der Waals surface area contributed by atoms with Gasteiger partial charge in [-0.2, -0.15) is 14.9 Å². The highest BCUT2D eigenvalue weighted by molar-refractivity contribution is 7.71. The highest BCUT2D eigenvalue weighted by Gasteiger charge is 2.07. The maximum Gasteiger partial charge on any atom is 0.270 e. The molecule has 0 fully saturated rings. The average molecular weight is 321 g/mol. The van der Waals surface area contributed by atoms with Crippen molar-refractivity contribution >= 4 is 24.1 Å². The molecule has 9 heteroatoms. The lowest BCUT2D eigenvalue weighted by atomic mass is 10.2. The van der Waals surface area contributed by atoms with Crippen molar-refractivity contribution in [1.82, 2.24) is 14.9 Å². The van der Waals surface area contributed by atoms with Gasteiger partial charge in [0.2, 0.25) is 4.77 Å². The molecule has 0 aliphatic carbocycles. The van der Waals surface area contributed by atoms with E-state index < -0.39 is 11.0 Å². The zero-order valence-electron chi connectivity index (χ0n) is 11.8. The zero-order valence-corrected chi connectivity index (χ0v) is 12.7. The third kappa shape index (κ3) is 4.06. The number of aliphatic hydroxyl groups is 1. The number of non-ortho nitro benzene ring substituents is 1. The van der Waals surface area contributed by atoms with Crippen LogP contribution in [0.2, 0.25) is 0 Å². The van der Waals surface area contributed by atoms with Gasteiger partial charge in [-0.15, -0.1) is 0 Å². The van der Waals surface area contributed by atoms with Gasteiger partial charge in [0, 0.05) is 24.1 Å². The summed E-state index contributed by atoms with van der Waals surface area (Å²) >= 11 is 5.10. The monoisotopic (exact) mass is 321 g/mol. The Bertz CT molecular complexity index is 750. The second kappa shape index (κ2) is 7.05. The SMILES string of the molecule is CC(O)CCc1n[nH]c(=S)n1/N=C/c1cccc([N+](=O)[O-])c1. The molecule has 1 unspecified atom stereocenters. The van der Waals surface area contributed by atoms with Crippen LogP contribution in [-0.4, -0.2) is 37.2 Å². The van der Waals surface area contributed by atoms with Crippen LogP contribution < -0.4 is 0 Å². The van der Waals surface area contributed by atoms with Gasteiger partial charge < -0.3 is 5.11 Å². The van der Waals surface area contributed by atoms with Gasteiger partial charge in [0.05, 0.1) is 17.2 Å². The normalized spacial score (nSPS) is 12.6. The number of nitrogens with one attached hydrogen (secondary N) is 1. The average Bonchev–Trinajstić information content (AvgIpc) is 2.83. The summed E-state index contributed by atoms with van der Waals surface area (Å²) in [4.78, 5) is 10.3. The van der Waals surface area contributed by atoms with Crippen LogP contribution in [-0.2, 0) is 6.42 Å². The zero-order chi connectivity index (χ0) is 16.1. The lowest BCUT2D eigenvalue weighted by molar-refractivity contribution is -0.384. The molecule has 2 aromatic rings. The number of H-pyrrole nitrogens is 1. The maximum absolute atomic E-state index is 10.7. The smallest absolute Gasteiger partial charge is 0.270 e. The minimum Gasteiger partial charge on any atom is -0.393 e. The lowest BCUT2D eigenvalue weighted by Gasteiger charge is -2.03. The Hall–Kier alpha value is -2.39. The molecular formula is C13H15N5O3S. The third-order valence-electron chi connectivity index (χ3n) is 2.91. The number of aromatic amines is 1. The summed E-state index contributed by atoms with van der Waals surface area (Å²) < 4.78 is 1.76. The van der Waals surface area contributed by atoms with E-state index in [-0.39, 0.29) is 5.69 Å². The molecule has 0 aliphatic rings. The Morgan fingerprint density at radius 2 is 2.41 bits per heavy atom. The maximum atomic E-state index is 10.7. The first-order valence-corrected chi connectivity index (χ1v) is 7.01. The number of hydrogen-bond donors (Lipinski definition) is 2. The molecule has 116 valence electrons. The van der Waals surface area contributed by atoms with E-state index in [9.17, 15) is 15.2 Å². The minimum absolute atomic E-state index is 0.00549. The number of nitrogens with zero attached hydrogens (tertiary/aromatic N) is 4. The number of nitro benzene ring substituents is 1. The van der Waals surface area contributed by atoms with Crippen LogP contribution in [0.1, 0.15) is 24.7 Å². The fourth-order valence-electron chi connectivity index (χ4n) is 1.79. The second-order valence-corrected chi connectivity index (χ2v) is 5.13. The Labute approximate surface area is 131 Å². The van der Waals surface area contributed by atoms with Gasteiger partial charge in [-0.1, -0.05) is 12.1 Å². The van der Waals surface area contributed by atoms with E-state index in [1.54, 1.807) is 19.1 Å². The first-order chi connectivity index (χ1) is 10.5. The van der Waals surface area contributed by atoms with Crippen molar-refractivity contribution in [2.75, 3.05) is 0 Å². The molecule has 0 bridgehead atoms. The van der Waals surface area contributed by atoms with Crippen molar-refractivity contribution in [2.24, 2.45) is 5.10 Å². The van der Waals surface area contributed by atoms with Crippen molar-refractivity contribution in [3.63, 3.8) is 0 Å². The van der Waals surface area contributed by atoms with E-state index in [0.717, 1.165) is 0 Å². The van der Waals surface area contributed by atoms with Gasteiger partial charge in [0.25, 0.3) is 5.69 Å². The summed E-state index contributed by atoms with van der Waals surface area (Å²) in [6, 6.07) is 6.12. The van der Waals surface area contributed by atoms with Crippen molar-refractivity contribution < 1.29 is 10.0 Å². The molecule has 0 aliphatic heterocycles. The van der Waals surface area contributed by atoms with Crippen LogP contribution in [0, 0.1) is 14.9 Å². The molecule has 0 saturated carbocycles. The molecule has 1 aromatic carbocycles. The first-order valence-electron chi connectivity index (χ1n) is 6.60. The Balaban J connectivity index is 2.23. The summed E-state index contributed by atoms with van der Waals surface area (Å²) in [5.74, 6) is 0.590. The highest BCUT2D eigenvalue weighted by atomic mass is 32.1. The molecule has 0 radical (unpaired) electrons. The fraction of sp³-hybridized carbons (Fsp3) is 0.308. The summed E-state index contributed by atoms with van der Waals surface area (Å²) in [7, 11) is 0. The van der Waals surface area contributed by atoms with E-state index >= 15 is 0 Å². The van der Waals surface area contributed by atoms with Crippen LogP contribution in [0.4, 0.5) is 5.69 Å². The van der Waals surface area contributed by atoms with Crippen molar-refractivity contribution in [3.05, 3.63) is 50.5 Å². The largest absolute Gasteiger partial charge is 0.393 e. The molecule has 2 N–H and O–H groups in total. The molecular weight excluding hydrogens is 306 g/mol. The molecule has 22 heavy (non-hydrogen) atoms. The molecule has 0 saturated heterocycles. The van der Waals surface area contributed by atoms with Crippen LogP contribution in [0.15, 0.2) is 29.4 Å². The van der Waals surface area contributed by atoms with E-state index in [2.05, 4.69) is 15.3 Å². The number of aromatic nitrogens is 3. The lowest BCUT2D eigenvalue weighted by Crippen LogP contribution is -2.06. The van der Waals surface area contributed by atoms with Crippen molar-refractivity contribution in [3.8, 4) is 0 Å². The summed E-state index contributed by atoms with van der Waals surface area (Å²) in [6.45, 7) is 1.69. The quantitative estimate of drug-likeness (QED) is 0.366. The second-order valence-electron chi connectivity index (χ2n) is 4.74. The molecule has 0 amide bonds. The van der Waals surface area contributed by atoms with Crippen LogP contribution >= 0.6 is 12.2 Å². The minimum atomic E-state index is -0.463.